The molecule has 172 valence electrons. The van der Waals surface area contributed by atoms with Crippen LogP contribution in [0.1, 0.15) is 31.4 Å². The van der Waals surface area contributed by atoms with Crippen molar-refractivity contribution in [2.45, 2.75) is 44.3 Å². The van der Waals surface area contributed by atoms with Crippen molar-refractivity contribution in [2.75, 3.05) is 5.32 Å². The summed E-state index contributed by atoms with van der Waals surface area (Å²) in [4.78, 5) is 42.0. The summed E-state index contributed by atoms with van der Waals surface area (Å²) in [7, 11) is 0. The van der Waals surface area contributed by atoms with Gasteiger partial charge in [0, 0.05) is 28.4 Å². The average Bonchev–Trinajstić information content (AvgIpc) is 3.35. The van der Waals surface area contributed by atoms with Crippen LogP contribution in [0.25, 0.3) is 0 Å². The number of hydrogen-bond acceptors (Lipinski definition) is 6. The summed E-state index contributed by atoms with van der Waals surface area (Å²) in [6.45, 7) is 3.73. The molecule has 3 aliphatic rings. The van der Waals surface area contributed by atoms with Gasteiger partial charge < -0.3 is 15.5 Å². The molecule has 2 aromatic rings. The van der Waals surface area contributed by atoms with Crippen LogP contribution in [0.4, 0.5) is 5.69 Å². The van der Waals surface area contributed by atoms with E-state index in [2.05, 4.69) is 10.6 Å². The number of benzene rings is 2. The lowest BCUT2D eigenvalue weighted by Gasteiger charge is -2.31. The highest BCUT2D eigenvalue weighted by atomic mass is 35.5. The van der Waals surface area contributed by atoms with Crippen molar-refractivity contribution in [3.05, 3.63) is 52.5 Å². The van der Waals surface area contributed by atoms with Crippen molar-refractivity contribution >= 4 is 35.0 Å². The number of phenolic OH excluding ortho intramolecular Hbond substituents is 2. The van der Waals surface area contributed by atoms with E-state index in [1.165, 1.54) is 17.0 Å². The van der Waals surface area contributed by atoms with Gasteiger partial charge in [-0.25, -0.2) is 0 Å². The van der Waals surface area contributed by atoms with Crippen LogP contribution in [-0.4, -0.2) is 44.9 Å². The highest BCUT2D eigenvalue weighted by Crippen LogP contribution is 2.54. The summed E-state index contributed by atoms with van der Waals surface area (Å²) in [5.74, 6) is -3.28. The van der Waals surface area contributed by atoms with Crippen LogP contribution in [0.2, 0.25) is 5.02 Å². The number of likely N-dealkylation sites (tertiary alicyclic amines) is 1. The number of phenols is 2. The summed E-state index contributed by atoms with van der Waals surface area (Å²) in [6, 6.07) is 8.60. The first-order valence-corrected chi connectivity index (χ1v) is 11.3. The number of fused-ring (bicyclic) bond motifs is 4. The fourth-order valence-electron chi connectivity index (χ4n) is 5.54. The van der Waals surface area contributed by atoms with Crippen molar-refractivity contribution in [1.82, 2.24) is 10.2 Å². The van der Waals surface area contributed by atoms with Crippen molar-refractivity contribution < 1.29 is 24.6 Å². The Labute approximate surface area is 195 Å². The number of imide groups is 1. The molecule has 5 atom stereocenters. The van der Waals surface area contributed by atoms with E-state index < -0.39 is 29.3 Å². The van der Waals surface area contributed by atoms with Gasteiger partial charge in [0.05, 0.1) is 11.8 Å². The second kappa shape index (κ2) is 7.46. The number of aromatic hydroxyl groups is 2. The summed E-state index contributed by atoms with van der Waals surface area (Å²) < 4.78 is 0. The third kappa shape index (κ3) is 2.97. The number of hydrogen-bond donors (Lipinski definition) is 4. The molecule has 4 N–H and O–H groups in total. The highest BCUT2D eigenvalue weighted by molar-refractivity contribution is 6.31. The quantitative estimate of drug-likeness (QED) is 0.403. The van der Waals surface area contributed by atoms with E-state index >= 15 is 0 Å². The lowest BCUT2D eigenvalue weighted by molar-refractivity contribution is -0.145. The minimum Gasteiger partial charge on any atom is -0.504 e. The molecule has 2 fully saturated rings. The molecule has 0 aliphatic carbocycles. The van der Waals surface area contributed by atoms with Crippen molar-refractivity contribution in [3.8, 4) is 11.5 Å². The predicted molar refractivity (Wildman–Crippen MR) is 121 cm³/mol. The summed E-state index contributed by atoms with van der Waals surface area (Å²) >= 11 is 6.26. The Morgan fingerprint density at radius 1 is 1.09 bits per heavy atom. The second-order valence-corrected chi connectivity index (χ2v) is 9.47. The first-order chi connectivity index (χ1) is 15.7. The molecule has 3 amide bonds. The molecule has 3 aliphatic heterocycles. The Hall–Kier alpha value is -3.10. The van der Waals surface area contributed by atoms with Gasteiger partial charge in [0.25, 0.3) is 0 Å². The lowest BCUT2D eigenvalue weighted by atomic mass is 9.76. The molecular weight excluding hydrogens is 446 g/mol. The zero-order valence-corrected chi connectivity index (χ0v) is 18.9. The Kier molecular flexibility index (Phi) is 4.91. The smallest absolute Gasteiger partial charge is 0.250 e. The molecule has 5 rings (SSSR count). The fourth-order valence-corrected chi connectivity index (χ4v) is 5.71. The van der Waals surface area contributed by atoms with Crippen molar-refractivity contribution in [2.24, 2.45) is 11.8 Å². The van der Waals surface area contributed by atoms with Crippen LogP contribution in [0, 0.1) is 11.8 Å². The molecule has 8 nitrogen and oxygen atoms in total. The van der Waals surface area contributed by atoms with E-state index in [0.29, 0.717) is 28.3 Å². The highest BCUT2D eigenvalue weighted by Gasteiger charge is 2.70. The van der Waals surface area contributed by atoms with Gasteiger partial charge in [0.15, 0.2) is 11.5 Å². The van der Waals surface area contributed by atoms with Gasteiger partial charge in [0.1, 0.15) is 5.54 Å². The molecule has 33 heavy (non-hydrogen) atoms. The van der Waals surface area contributed by atoms with E-state index in [1.54, 1.807) is 24.3 Å². The van der Waals surface area contributed by atoms with Crippen LogP contribution >= 0.6 is 11.6 Å². The topological polar surface area (TPSA) is 119 Å². The molecular formula is C24H24ClN3O5. The van der Waals surface area contributed by atoms with Crippen LogP contribution < -0.4 is 10.6 Å². The minimum absolute atomic E-state index is 0.249. The Balaban J connectivity index is 1.64. The molecule has 1 spiro atoms. The molecule has 2 saturated heterocycles. The number of nitrogens with one attached hydrogen (secondary N) is 2. The molecule has 0 saturated carbocycles. The summed E-state index contributed by atoms with van der Waals surface area (Å²) in [5, 5.41) is 26.2. The number of amides is 3. The van der Waals surface area contributed by atoms with Gasteiger partial charge >= 0.3 is 0 Å². The zero-order chi connectivity index (χ0) is 23.7. The van der Waals surface area contributed by atoms with E-state index in [-0.39, 0.29) is 35.8 Å². The van der Waals surface area contributed by atoms with Gasteiger partial charge in [-0.1, -0.05) is 24.6 Å². The maximum Gasteiger partial charge on any atom is 0.250 e. The number of carbonyl (C=O) groups is 3. The maximum absolute atomic E-state index is 13.7. The molecule has 3 heterocycles. The van der Waals surface area contributed by atoms with Gasteiger partial charge in [-0.15, -0.1) is 0 Å². The Morgan fingerprint density at radius 2 is 1.85 bits per heavy atom. The summed E-state index contributed by atoms with van der Waals surface area (Å²) in [6.07, 6.45) is 0.871. The molecule has 0 bridgehead atoms. The lowest BCUT2D eigenvalue weighted by Crippen LogP contribution is -2.54. The largest absolute Gasteiger partial charge is 0.504 e. The Morgan fingerprint density at radius 3 is 2.55 bits per heavy atom. The first-order valence-electron chi connectivity index (χ1n) is 11.0. The van der Waals surface area contributed by atoms with E-state index in [0.717, 1.165) is 0 Å². The number of nitrogens with zero attached hydrogens (tertiary/aromatic N) is 1. The minimum atomic E-state index is -1.43. The van der Waals surface area contributed by atoms with E-state index in [4.69, 9.17) is 11.6 Å². The monoisotopic (exact) mass is 469 g/mol. The van der Waals surface area contributed by atoms with Gasteiger partial charge in [0.2, 0.25) is 17.7 Å². The second-order valence-electron chi connectivity index (χ2n) is 9.04. The molecule has 9 heteroatoms. The van der Waals surface area contributed by atoms with E-state index in [9.17, 15) is 24.6 Å². The van der Waals surface area contributed by atoms with Crippen LogP contribution in [0.15, 0.2) is 36.4 Å². The normalized spacial score (nSPS) is 28.9. The predicted octanol–water partition coefficient (Wildman–Crippen LogP) is 2.51. The van der Waals surface area contributed by atoms with Crippen LogP contribution in [0.5, 0.6) is 11.5 Å². The number of halogens is 1. The third-order valence-electron chi connectivity index (χ3n) is 7.24. The van der Waals surface area contributed by atoms with Crippen LogP contribution in [0.3, 0.4) is 0 Å². The van der Waals surface area contributed by atoms with Gasteiger partial charge in [-0.2, -0.15) is 0 Å². The number of carbonyl (C=O) groups excluding carboxylic acids is 3. The zero-order valence-electron chi connectivity index (χ0n) is 18.1. The average molecular weight is 470 g/mol. The van der Waals surface area contributed by atoms with Crippen molar-refractivity contribution in [1.29, 1.82) is 0 Å². The standard InChI is InChI=1S/C24H24ClN3O5/c1-3-11(2)28-21(31)19-16(8-12-4-7-17(29)18(30)9-12)27-24(20(19)22(28)32)14-10-13(25)5-6-15(14)26-23(24)33/h4-7,9-11,16,19-20,27,29-30H,3,8H2,1-2H3,(H,26,33)/t11?,16?,19-,20+,24?/m1/s1. The first kappa shape index (κ1) is 21.7. The molecule has 0 aromatic heterocycles. The molecule has 2 aromatic carbocycles. The Bertz CT molecular complexity index is 1200. The fraction of sp³-hybridized carbons (Fsp3) is 0.375. The van der Waals surface area contributed by atoms with Crippen LogP contribution in [-0.2, 0) is 26.3 Å². The SMILES string of the molecule is CCC(C)N1C(=O)[C@@H]2C(Cc3ccc(O)c(O)c3)NC3(C(=O)Nc4ccc(Cl)cc43)[C@@H]2C1=O. The van der Waals surface area contributed by atoms with Gasteiger partial charge in [-0.05, 0) is 55.7 Å². The summed E-state index contributed by atoms with van der Waals surface area (Å²) in [5.41, 5.74) is 0.341. The number of anilines is 1. The number of rotatable bonds is 4. The van der Waals surface area contributed by atoms with Crippen molar-refractivity contribution in [3.63, 3.8) is 0 Å². The van der Waals surface area contributed by atoms with Gasteiger partial charge in [-0.3, -0.25) is 24.6 Å². The third-order valence-corrected chi connectivity index (χ3v) is 7.47. The molecule has 0 radical (unpaired) electrons. The molecule has 3 unspecified atom stereocenters. The van der Waals surface area contributed by atoms with E-state index in [1.807, 2.05) is 13.8 Å². The maximum atomic E-state index is 13.7.